The third-order valence-electron chi connectivity index (χ3n) is 8.30. The van der Waals surface area contributed by atoms with E-state index >= 15 is 0 Å². The zero-order valence-electron chi connectivity index (χ0n) is 22.1. The molecule has 0 radical (unpaired) electrons. The first-order chi connectivity index (χ1) is 16.3. The molecule has 1 aliphatic heterocycles. The Kier molecular flexibility index (Phi) is 7.99. The Labute approximate surface area is 208 Å². The summed E-state index contributed by atoms with van der Waals surface area (Å²) in [6.07, 6.45) is 6.46. The predicted molar refractivity (Wildman–Crippen MR) is 131 cm³/mol. The Morgan fingerprint density at radius 1 is 1.17 bits per heavy atom. The molecule has 1 spiro atoms. The van der Waals surface area contributed by atoms with E-state index in [1.807, 2.05) is 19.1 Å². The van der Waals surface area contributed by atoms with Gasteiger partial charge in [-0.1, -0.05) is 52.0 Å². The molecular formula is C28H40O7. The number of carbonyl (C=O) groups is 3. The van der Waals surface area contributed by atoms with Crippen LogP contribution in [0.4, 0.5) is 0 Å². The lowest BCUT2D eigenvalue weighted by Crippen LogP contribution is -2.57. The number of hydrogen-bond acceptors (Lipinski definition) is 7. The van der Waals surface area contributed by atoms with Crippen molar-refractivity contribution in [3.05, 3.63) is 36.0 Å². The minimum atomic E-state index is -0.997. The molecule has 1 saturated heterocycles. The average molecular weight is 489 g/mol. The minimum absolute atomic E-state index is 0.0533. The van der Waals surface area contributed by atoms with Gasteiger partial charge in [-0.3, -0.25) is 19.1 Å². The van der Waals surface area contributed by atoms with Gasteiger partial charge in [0.05, 0.1) is 11.3 Å². The number of esters is 3. The lowest BCUT2D eigenvalue weighted by Gasteiger charge is -2.58. The fraction of sp³-hybridized carbons (Fsp3) is 0.679. The van der Waals surface area contributed by atoms with Gasteiger partial charge in [-0.2, -0.15) is 0 Å². The van der Waals surface area contributed by atoms with Crippen molar-refractivity contribution in [3.63, 3.8) is 0 Å². The monoisotopic (exact) mass is 488 g/mol. The smallest absolute Gasteiger partial charge is 0.308 e. The molecule has 3 rings (SSSR count). The van der Waals surface area contributed by atoms with Crippen LogP contribution in [-0.2, 0) is 33.3 Å². The van der Waals surface area contributed by atoms with Gasteiger partial charge in [-0.05, 0) is 55.9 Å². The molecule has 35 heavy (non-hydrogen) atoms. The van der Waals surface area contributed by atoms with Gasteiger partial charge >= 0.3 is 17.9 Å². The normalized spacial score (nSPS) is 36.5. The molecule has 7 atom stereocenters. The van der Waals surface area contributed by atoms with Crippen molar-refractivity contribution >= 4 is 17.9 Å². The van der Waals surface area contributed by atoms with E-state index in [4.69, 9.17) is 18.9 Å². The summed E-state index contributed by atoms with van der Waals surface area (Å²) in [6.45, 7) is 16.7. The van der Waals surface area contributed by atoms with Gasteiger partial charge < -0.3 is 14.2 Å². The van der Waals surface area contributed by atoms with Crippen LogP contribution in [0.2, 0.25) is 0 Å². The van der Waals surface area contributed by atoms with Crippen molar-refractivity contribution in [2.24, 2.45) is 28.6 Å². The maximum absolute atomic E-state index is 12.6. The zero-order valence-corrected chi connectivity index (χ0v) is 22.1. The van der Waals surface area contributed by atoms with Gasteiger partial charge in [0.25, 0.3) is 0 Å². The molecule has 7 nitrogen and oxygen atoms in total. The van der Waals surface area contributed by atoms with Crippen molar-refractivity contribution in [2.75, 3.05) is 0 Å². The van der Waals surface area contributed by atoms with E-state index in [9.17, 15) is 14.4 Å². The van der Waals surface area contributed by atoms with E-state index < -0.39 is 36.0 Å². The standard InChI is InChI=1S/C28H40O7/c1-9-17(4)10-12-27(8)18(5)11-13-28-22(14-21(15-23(27)28)34-24(31)16(2)3)25(32-19(6)29)35-26(28)33-20(7)30/h9-10,14,16,18,21,23,25-26H,1,11-13,15H2,2-8H3/b17-10+/t18-,21+,23+,25+,26-,27-,28-/m0/s1. The van der Waals surface area contributed by atoms with Crippen LogP contribution in [0, 0.1) is 28.6 Å². The van der Waals surface area contributed by atoms with Crippen LogP contribution in [-0.4, -0.2) is 36.6 Å². The Hall–Kier alpha value is -2.41. The topological polar surface area (TPSA) is 88.1 Å². The molecule has 0 aromatic heterocycles. The van der Waals surface area contributed by atoms with Gasteiger partial charge in [0.1, 0.15) is 6.10 Å². The second kappa shape index (κ2) is 10.3. The number of carbonyl (C=O) groups excluding carboxylic acids is 3. The van der Waals surface area contributed by atoms with Gasteiger partial charge in [0.15, 0.2) is 0 Å². The molecule has 0 bridgehead atoms. The molecule has 0 aromatic rings. The zero-order chi connectivity index (χ0) is 26.1. The van der Waals surface area contributed by atoms with Crippen LogP contribution in [0.25, 0.3) is 0 Å². The summed E-state index contributed by atoms with van der Waals surface area (Å²) >= 11 is 0. The Balaban J connectivity index is 2.17. The molecule has 3 aliphatic rings. The van der Waals surface area contributed by atoms with E-state index in [0.29, 0.717) is 18.8 Å². The predicted octanol–water partition coefficient (Wildman–Crippen LogP) is 5.25. The summed E-state index contributed by atoms with van der Waals surface area (Å²) in [6, 6.07) is 0. The summed E-state index contributed by atoms with van der Waals surface area (Å²) in [5, 5.41) is 0. The molecule has 2 aliphatic carbocycles. The molecule has 0 N–H and O–H groups in total. The Morgan fingerprint density at radius 2 is 1.83 bits per heavy atom. The second-order valence-electron chi connectivity index (χ2n) is 10.9. The third kappa shape index (κ3) is 5.11. The molecule has 1 saturated carbocycles. The largest absolute Gasteiger partial charge is 0.458 e. The van der Waals surface area contributed by atoms with Crippen molar-refractivity contribution < 1.29 is 33.3 Å². The van der Waals surface area contributed by atoms with Crippen molar-refractivity contribution in [3.8, 4) is 0 Å². The lowest BCUT2D eigenvalue weighted by atomic mass is 9.46. The Morgan fingerprint density at radius 3 is 2.40 bits per heavy atom. The summed E-state index contributed by atoms with van der Waals surface area (Å²) in [4.78, 5) is 36.6. The SMILES string of the molecule is C=C/C(C)=C/C[C@]1(C)[C@H]2C[C@H](OC(=O)C(C)C)C=C3[C@H](OC(C)=O)O[C@H](OC(C)=O)[C@@]32CC[C@@H]1C. The molecule has 194 valence electrons. The highest BCUT2D eigenvalue weighted by atomic mass is 16.8. The highest BCUT2D eigenvalue weighted by Gasteiger charge is 2.67. The van der Waals surface area contributed by atoms with E-state index in [-0.39, 0.29) is 23.2 Å². The van der Waals surface area contributed by atoms with Crippen LogP contribution in [0.5, 0.6) is 0 Å². The molecular weight excluding hydrogens is 448 g/mol. The Bertz CT molecular complexity index is 932. The first-order valence-corrected chi connectivity index (χ1v) is 12.6. The van der Waals surface area contributed by atoms with E-state index in [0.717, 1.165) is 24.0 Å². The second-order valence-corrected chi connectivity index (χ2v) is 10.9. The maximum Gasteiger partial charge on any atom is 0.308 e. The summed E-state index contributed by atoms with van der Waals surface area (Å²) in [7, 11) is 0. The fourth-order valence-corrected chi connectivity index (χ4v) is 6.10. The van der Waals surface area contributed by atoms with Gasteiger partial charge in [0, 0.05) is 19.4 Å². The van der Waals surface area contributed by atoms with Crippen molar-refractivity contribution in [2.45, 2.75) is 92.8 Å². The highest BCUT2D eigenvalue weighted by Crippen LogP contribution is 2.67. The quantitative estimate of drug-likeness (QED) is 0.209. The molecule has 2 fully saturated rings. The maximum atomic E-state index is 12.6. The van der Waals surface area contributed by atoms with Crippen LogP contribution >= 0.6 is 0 Å². The van der Waals surface area contributed by atoms with Crippen molar-refractivity contribution in [1.29, 1.82) is 0 Å². The number of ether oxygens (including phenoxy) is 4. The van der Waals surface area contributed by atoms with Crippen LogP contribution in [0.3, 0.4) is 0 Å². The molecule has 1 heterocycles. The van der Waals surface area contributed by atoms with Crippen LogP contribution in [0.15, 0.2) is 36.0 Å². The molecule has 0 amide bonds. The number of hydrogen-bond donors (Lipinski definition) is 0. The number of allylic oxidation sites excluding steroid dienone is 3. The lowest BCUT2D eigenvalue weighted by molar-refractivity contribution is -0.235. The van der Waals surface area contributed by atoms with Gasteiger partial charge in [-0.25, -0.2) is 0 Å². The highest BCUT2D eigenvalue weighted by molar-refractivity contribution is 5.72. The molecule has 0 aromatic carbocycles. The van der Waals surface area contributed by atoms with Gasteiger partial charge in [0.2, 0.25) is 12.6 Å². The third-order valence-corrected chi connectivity index (χ3v) is 8.30. The van der Waals surface area contributed by atoms with Crippen LogP contribution < -0.4 is 0 Å². The van der Waals surface area contributed by atoms with E-state index in [1.54, 1.807) is 13.8 Å². The van der Waals surface area contributed by atoms with Gasteiger partial charge in [-0.15, -0.1) is 0 Å². The first kappa shape index (κ1) is 27.2. The van der Waals surface area contributed by atoms with E-state index in [2.05, 4.69) is 26.5 Å². The summed E-state index contributed by atoms with van der Waals surface area (Å²) in [5.74, 6) is -1.22. The fourth-order valence-electron chi connectivity index (χ4n) is 6.10. The molecule has 0 unspecified atom stereocenters. The van der Waals surface area contributed by atoms with Crippen molar-refractivity contribution in [1.82, 2.24) is 0 Å². The average Bonchev–Trinajstić information content (AvgIpc) is 3.05. The minimum Gasteiger partial charge on any atom is -0.458 e. The summed E-state index contributed by atoms with van der Waals surface area (Å²) < 4.78 is 23.4. The first-order valence-electron chi connectivity index (χ1n) is 12.6. The van der Waals surface area contributed by atoms with Crippen LogP contribution in [0.1, 0.15) is 74.1 Å². The van der Waals surface area contributed by atoms with E-state index in [1.165, 1.54) is 13.8 Å². The summed E-state index contributed by atoms with van der Waals surface area (Å²) in [5.41, 5.74) is 0.921. The molecule has 7 heteroatoms. The number of rotatable bonds is 7.